The third kappa shape index (κ3) is 3.73. The van der Waals surface area contributed by atoms with Crippen LogP contribution in [0.3, 0.4) is 0 Å². The highest BCUT2D eigenvalue weighted by molar-refractivity contribution is 7.71. The number of H-pyrrole nitrogens is 1. The van der Waals surface area contributed by atoms with Gasteiger partial charge < -0.3 is 9.55 Å². The molecule has 1 heterocycles. The highest BCUT2D eigenvalue weighted by atomic mass is 35.5. The van der Waals surface area contributed by atoms with E-state index in [9.17, 15) is 13.2 Å². The summed E-state index contributed by atoms with van der Waals surface area (Å²) in [5.74, 6) is 0. The first-order chi connectivity index (χ1) is 8.87. The number of imidazole rings is 1. The second-order valence-corrected chi connectivity index (χ2v) is 5.14. The van der Waals surface area contributed by atoms with Gasteiger partial charge in [0.05, 0.1) is 11.0 Å². The van der Waals surface area contributed by atoms with E-state index in [1.165, 1.54) is 0 Å². The minimum atomic E-state index is -4.09. The molecule has 0 aliphatic carbocycles. The number of unbranched alkanes of at least 4 members (excludes halogenated alkanes) is 1. The fraction of sp³-hybridized carbons (Fsp3) is 0.417. The summed E-state index contributed by atoms with van der Waals surface area (Å²) in [5.41, 5.74) is 1.66. The Balaban J connectivity index is 2.10. The lowest BCUT2D eigenvalue weighted by Crippen LogP contribution is -2.07. The zero-order valence-electron chi connectivity index (χ0n) is 9.93. The van der Waals surface area contributed by atoms with Crippen molar-refractivity contribution in [1.82, 2.24) is 9.55 Å². The van der Waals surface area contributed by atoms with Crippen LogP contribution in [0.5, 0.6) is 0 Å². The molecular formula is C12H12ClF3N2S. The average Bonchev–Trinajstić information content (AvgIpc) is 2.59. The van der Waals surface area contributed by atoms with Crippen molar-refractivity contribution in [2.24, 2.45) is 0 Å². The molecule has 0 bridgehead atoms. The number of rotatable bonds is 4. The van der Waals surface area contributed by atoms with Crippen LogP contribution in [0.15, 0.2) is 18.2 Å². The average molecular weight is 309 g/mol. The van der Waals surface area contributed by atoms with Crippen molar-refractivity contribution in [3.05, 3.63) is 28.0 Å². The zero-order valence-corrected chi connectivity index (χ0v) is 11.5. The normalized spacial score (nSPS) is 12.2. The lowest BCUT2D eigenvalue weighted by molar-refractivity contribution is -0.135. The molecule has 2 rings (SSSR count). The summed E-state index contributed by atoms with van der Waals surface area (Å²) in [7, 11) is 0. The van der Waals surface area contributed by atoms with Gasteiger partial charge in [-0.2, -0.15) is 13.2 Å². The van der Waals surface area contributed by atoms with Crippen LogP contribution in [-0.4, -0.2) is 15.7 Å². The molecule has 0 fully saturated rings. The summed E-state index contributed by atoms with van der Waals surface area (Å²) in [6.45, 7) is 0.454. The van der Waals surface area contributed by atoms with E-state index in [2.05, 4.69) is 4.98 Å². The third-order valence-electron chi connectivity index (χ3n) is 2.83. The number of aryl methyl sites for hydroxylation is 1. The summed E-state index contributed by atoms with van der Waals surface area (Å²) < 4.78 is 38.5. The Hall–Kier alpha value is -1.01. The lowest BCUT2D eigenvalue weighted by Gasteiger charge is -2.07. The standard InChI is InChI=1S/C12H12ClF3N2S/c13-8-3-4-9-10(7-8)18(11(19)17-9)6-2-1-5-12(14,15)16/h3-4,7H,1-2,5-6H2,(H,17,19). The van der Waals surface area contributed by atoms with Gasteiger partial charge in [0.2, 0.25) is 0 Å². The third-order valence-corrected chi connectivity index (χ3v) is 3.39. The molecule has 19 heavy (non-hydrogen) atoms. The van der Waals surface area contributed by atoms with E-state index in [0.717, 1.165) is 11.0 Å². The molecule has 2 aromatic rings. The lowest BCUT2D eigenvalue weighted by atomic mass is 10.2. The van der Waals surface area contributed by atoms with Crippen molar-refractivity contribution in [3.8, 4) is 0 Å². The summed E-state index contributed by atoms with van der Waals surface area (Å²) >= 11 is 11.1. The van der Waals surface area contributed by atoms with Crippen LogP contribution in [0, 0.1) is 4.77 Å². The van der Waals surface area contributed by atoms with Crippen LogP contribution in [0.25, 0.3) is 11.0 Å². The van der Waals surface area contributed by atoms with Crippen LogP contribution in [-0.2, 0) is 6.54 Å². The molecule has 1 aromatic carbocycles. The second-order valence-electron chi connectivity index (χ2n) is 4.32. The molecule has 0 unspecified atom stereocenters. The van der Waals surface area contributed by atoms with Gasteiger partial charge in [0, 0.05) is 18.0 Å². The summed E-state index contributed by atoms with van der Waals surface area (Å²) in [6.07, 6.45) is -4.33. The highest BCUT2D eigenvalue weighted by Crippen LogP contribution is 2.23. The van der Waals surface area contributed by atoms with E-state index < -0.39 is 12.6 Å². The Morgan fingerprint density at radius 1 is 1.26 bits per heavy atom. The molecule has 0 radical (unpaired) electrons. The van der Waals surface area contributed by atoms with E-state index in [4.69, 9.17) is 23.8 Å². The smallest absolute Gasteiger partial charge is 0.331 e. The van der Waals surface area contributed by atoms with Crippen molar-refractivity contribution >= 4 is 34.9 Å². The van der Waals surface area contributed by atoms with Gasteiger partial charge in [-0.25, -0.2) is 0 Å². The molecular weight excluding hydrogens is 297 g/mol. The minimum Gasteiger partial charge on any atom is -0.331 e. The van der Waals surface area contributed by atoms with Crippen LogP contribution < -0.4 is 0 Å². The molecule has 1 aromatic heterocycles. The fourth-order valence-electron chi connectivity index (χ4n) is 1.94. The highest BCUT2D eigenvalue weighted by Gasteiger charge is 2.25. The monoisotopic (exact) mass is 308 g/mol. The minimum absolute atomic E-state index is 0.0957. The van der Waals surface area contributed by atoms with E-state index in [-0.39, 0.29) is 6.42 Å². The molecule has 0 spiro atoms. The maximum absolute atomic E-state index is 12.1. The first kappa shape index (κ1) is 14.4. The predicted octanol–water partition coefficient (Wildman–Crippen LogP) is 5.08. The molecule has 0 amide bonds. The Kier molecular flexibility index (Phi) is 4.20. The van der Waals surface area contributed by atoms with Gasteiger partial charge in [-0.3, -0.25) is 0 Å². The maximum atomic E-state index is 12.1. The van der Waals surface area contributed by atoms with Gasteiger partial charge in [0.1, 0.15) is 0 Å². The van der Waals surface area contributed by atoms with Crippen molar-refractivity contribution < 1.29 is 13.2 Å². The molecule has 104 valence electrons. The number of halogens is 4. The number of fused-ring (bicyclic) bond motifs is 1. The Morgan fingerprint density at radius 3 is 2.68 bits per heavy atom. The summed E-state index contributed by atoms with van der Waals surface area (Å²) in [6, 6.07) is 5.30. The van der Waals surface area contributed by atoms with Crippen molar-refractivity contribution in [3.63, 3.8) is 0 Å². The Bertz CT molecular complexity index is 630. The van der Waals surface area contributed by atoms with Crippen molar-refractivity contribution in [2.45, 2.75) is 32.0 Å². The quantitative estimate of drug-likeness (QED) is 0.616. The molecule has 0 aliphatic heterocycles. The van der Waals surface area contributed by atoms with E-state index >= 15 is 0 Å². The number of nitrogens with one attached hydrogen (secondary N) is 1. The van der Waals surface area contributed by atoms with E-state index in [0.29, 0.717) is 22.8 Å². The molecule has 0 aliphatic rings. The van der Waals surface area contributed by atoms with Gasteiger partial charge >= 0.3 is 6.18 Å². The SMILES string of the molecule is FC(F)(F)CCCCn1c(=S)[nH]c2ccc(Cl)cc21. The van der Waals surface area contributed by atoms with E-state index in [1.54, 1.807) is 22.8 Å². The zero-order chi connectivity index (χ0) is 14.0. The predicted molar refractivity (Wildman–Crippen MR) is 72.0 cm³/mol. The van der Waals surface area contributed by atoms with Crippen LogP contribution in [0.2, 0.25) is 5.02 Å². The van der Waals surface area contributed by atoms with Gasteiger partial charge in [0.15, 0.2) is 4.77 Å². The Labute approximate surface area is 118 Å². The van der Waals surface area contributed by atoms with Crippen molar-refractivity contribution in [1.29, 1.82) is 0 Å². The number of benzene rings is 1. The van der Waals surface area contributed by atoms with Gasteiger partial charge in [-0.1, -0.05) is 11.6 Å². The number of nitrogens with zero attached hydrogens (tertiary/aromatic N) is 1. The topological polar surface area (TPSA) is 20.7 Å². The van der Waals surface area contributed by atoms with Crippen LogP contribution in [0.1, 0.15) is 19.3 Å². The Morgan fingerprint density at radius 2 is 2.00 bits per heavy atom. The first-order valence-corrected chi connectivity index (χ1v) is 6.60. The molecule has 2 nitrogen and oxygen atoms in total. The molecule has 7 heteroatoms. The van der Waals surface area contributed by atoms with Gasteiger partial charge in [-0.15, -0.1) is 0 Å². The molecule has 1 N–H and O–H groups in total. The van der Waals surface area contributed by atoms with Crippen LogP contribution in [0.4, 0.5) is 13.2 Å². The summed E-state index contributed by atoms with van der Waals surface area (Å²) in [4.78, 5) is 3.01. The second kappa shape index (κ2) is 5.54. The largest absolute Gasteiger partial charge is 0.389 e. The molecule has 0 saturated heterocycles. The first-order valence-electron chi connectivity index (χ1n) is 5.82. The number of hydrogen-bond acceptors (Lipinski definition) is 1. The van der Waals surface area contributed by atoms with E-state index in [1.807, 2.05) is 0 Å². The van der Waals surface area contributed by atoms with Gasteiger partial charge in [0.25, 0.3) is 0 Å². The van der Waals surface area contributed by atoms with Crippen molar-refractivity contribution in [2.75, 3.05) is 0 Å². The number of hydrogen-bond donors (Lipinski definition) is 1. The number of aromatic amines is 1. The molecule has 0 atom stereocenters. The van der Waals surface area contributed by atoms with Gasteiger partial charge in [-0.05, 0) is 43.3 Å². The fourth-order valence-corrected chi connectivity index (χ4v) is 2.41. The molecule has 0 saturated carbocycles. The maximum Gasteiger partial charge on any atom is 0.389 e. The summed E-state index contributed by atoms with van der Waals surface area (Å²) in [5, 5.41) is 0.575. The number of alkyl halides is 3. The van der Waals surface area contributed by atoms with Crippen LogP contribution >= 0.6 is 23.8 Å². The number of aromatic nitrogens is 2.